The van der Waals surface area contributed by atoms with Gasteiger partial charge in [0.05, 0.1) is 30.8 Å². The van der Waals surface area contributed by atoms with Gasteiger partial charge in [0.15, 0.2) is 0 Å². The largest absolute Gasteiger partial charge is 0.496 e. The second-order valence-electron chi connectivity index (χ2n) is 11.2. The minimum Gasteiger partial charge on any atom is -0.496 e. The number of ether oxygens (including phenoxy) is 2. The minimum absolute atomic E-state index is 0.00976. The Kier molecular flexibility index (Phi) is 7.30. The van der Waals surface area contributed by atoms with Gasteiger partial charge in [0.2, 0.25) is 5.91 Å². The molecule has 2 fully saturated rings. The van der Waals surface area contributed by atoms with Crippen LogP contribution in [-0.4, -0.2) is 79.0 Å². The third-order valence-electron chi connectivity index (χ3n) is 6.92. The number of hydrogen-bond acceptors (Lipinski definition) is 6. The van der Waals surface area contributed by atoms with E-state index in [-0.39, 0.29) is 24.5 Å². The van der Waals surface area contributed by atoms with Crippen molar-refractivity contribution in [2.45, 2.75) is 84.2 Å². The number of likely N-dealkylation sites (tertiary alicyclic amines) is 1. The molecular formula is C25H39BN2O6. The van der Waals surface area contributed by atoms with E-state index in [4.69, 9.17) is 18.8 Å². The van der Waals surface area contributed by atoms with Gasteiger partial charge in [-0.2, -0.15) is 0 Å². The molecule has 34 heavy (non-hydrogen) atoms. The van der Waals surface area contributed by atoms with Crippen LogP contribution in [0.25, 0.3) is 0 Å². The molecule has 188 valence electrons. The van der Waals surface area contributed by atoms with Crippen molar-refractivity contribution < 1.29 is 28.4 Å². The first-order valence-electron chi connectivity index (χ1n) is 11.9. The molecule has 0 spiro atoms. The Labute approximate surface area is 204 Å². The van der Waals surface area contributed by atoms with Crippen LogP contribution in [0.1, 0.15) is 60.5 Å². The number of carbonyl (C=O) groups is 2. The van der Waals surface area contributed by atoms with Crippen LogP contribution in [0.5, 0.6) is 5.75 Å². The van der Waals surface area contributed by atoms with Gasteiger partial charge in [-0.25, -0.2) is 4.79 Å². The Morgan fingerprint density at radius 2 is 1.79 bits per heavy atom. The quantitative estimate of drug-likeness (QED) is 0.611. The van der Waals surface area contributed by atoms with Crippen molar-refractivity contribution in [3.63, 3.8) is 0 Å². The number of nitrogens with zero attached hydrogens (tertiary/aromatic N) is 2. The molecule has 2 aliphatic rings. The Morgan fingerprint density at radius 3 is 2.35 bits per heavy atom. The Balaban J connectivity index is 1.68. The van der Waals surface area contributed by atoms with E-state index in [9.17, 15) is 9.59 Å². The summed E-state index contributed by atoms with van der Waals surface area (Å²) in [5, 5.41) is 0. The van der Waals surface area contributed by atoms with Crippen molar-refractivity contribution in [2.75, 3.05) is 27.2 Å². The monoisotopic (exact) mass is 474 g/mol. The van der Waals surface area contributed by atoms with Crippen molar-refractivity contribution in [1.82, 2.24) is 9.80 Å². The van der Waals surface area contributed by atoms with E-state index in [1.165, 1.54) is 0 Å². The van der Waals surface area contributed by atoms with Gasteiger partial charge < -0.3 is 28.6 Å². The summed E-state index contributed by atoms with van der Waals surface area (Å²) < 4.78 is 23.3. The molecule has 3 rings (SSSR count). The molecule has 2 heterocycles. The summed E-state index contributed by atoms with van der Waals surface area (Å²) in [5.74, 6) is 0.639. The van der Waals surface area contributed by atoms with Crippen LogP contribution in [0.15, 0.2) is 18.2 Å². The van der Waals surface area contributed by atoms with E-state index in [1.807, 2.05) is 66.7 Å². The number of benzene rings is 1. The summed E-state index contributed by atoms with van der Waals surface area (Å²) in [6.07, 6.45) is 0.537. The molecule has 8 nitrogen and oxygen atoms in total. The predicted molar refractivity (Wildman–Crippen MR) is 131 cm³/mol. The molecule has 1 atom stereocenters. The lowest BCUT2D eigenvalue weighted by atomic mass is 9.78. The van der Waals surface area contributed by atoms with Gasteiger partial charge in [-0.15, -0.1) is 0 Å². The lowest BCUT2D eigenvalue weighted by Gasteiger charge is -2.32. The van der Waals surface area contributed by atoms with Crippen LogP contribution in [0, 0.1) is 0 Å². The molecule has 0 aliphatic carbocycles. The summed E-state index contributed by atoms with van der Waals surface area (Å²) >= 11 is 0. The van der Waals surface area contributed by atoms with Gasteiger partial charge in [0.25, 0.3) is 0 Å². The number of methoxy groups -OCH3 is 1. The van der Waals surface area contributed by atoms with E-state index in [2.05, 4.69) is 0 Å². The third-order valence-corrected chi connectivity index (χ3v) is 6.92. The first kappa shape index (κ1) is 26.4. The average Bonchev–Trinajstić information content (AvgIpc) is 3.28. The molecule has 0 aromatic heterocycles. The van der Waals surface area contributed by atoms with E-state index in [0.29, 0.717) is 25.3 Å². The van der Waals surface area contributed by atoms with Gasteiger partial charge in [-0.1, -0.05) is 12.1 Å². The van der Waals surface area contributed by atoms with Gasteiger partial charge in [-0.05, 0) is 66.4 Å². The number of amides is 2. The zero-order valence-corrected chi connectivity index (χ0v) is 22.1. The van der Waals surface area contributed by atoms with Crippen molar-refractivity contribution in [3.05, 3.63) is 23.8 Å². The van der Waals surface area contributed by atoms with E-state index >= 15 is 0 Å². The molecule has 0 unspecified atom stereocenters. The van der Waals surface area contributed by atoms with Crippen LogP contribution in [0.2, 0.25) is 0 Å². The maximum atomic E-state index is 13.2. The van der Waals surface area contributed by atoms with Crippen LogP contribution in [0.3, 0.4) is 0 Å². The molecular weight excluding hydrogens is 435 g/mol. The van der Waals surface area contributed by atoms with Crippen LogP contribution in [-0.2, 0) is 25.3 Å². The summed E-state index contributed by atoms with van der Waals surface area (Å²) in [4.78, 5) is 29.0. The average molecular weight is 474 g/mol. The summed E-state index contributed by atoms with van der Waals surface area (Å²) in [6, 6.07) is 5.62. The highest BCUT2D eigenvalue weighted by Gasteiger charge is 2.51. The van der Waals surface area contributed by atoms with Crippen molar-refractivity contribution >= 4 is 24.6 Å². The standard InChI is InChI=1S/C25H39BN2O6/c1-23(2,3)32-22(30)27(8)19-12-13-28(16-19)21(29)15-17-14-18(10-11-20(17)31-9)26-33-24(4,5)25(6,7)34-26/h10-11,14,19H,12-13,15-16H2,1-9H3/t19-/m0/s1. The third kappa shape index (κ3) is 5.69. The Morgan fingerprint density at radius 1 is 1.18 bits per heavy atom. The predicted octanol–water partition coefficient (Wildman–Crippen LogP) is 3.00. The second kappa shape index (κ2) is 9.42. The maximum absolute atomic E-state index is 13.2. The lowest BCUT2D eigenvalue weighted by molar-refractivity contribution is -0.129. The number of hydrogen-bond donors (Lipinski definition) is 0. The highest BCUT2D eigenvalue weighted by molar-refractivity contribution is 6.62. The Hall–Kier alpha value is -2.26. The highest BCUT2D eigenvalue weighted by Crippen LogP contribution is 2.36. The van der Waals surface area contributed by atoms with Crippen LogP contribution < -0.4 is 10.2 Å². The maximum Gasteiger partial charge on any atom is 0.494 e. The van der Waals surface area contributed by atoms with E-state index in [0.717, 1.165) is 11.0 Å². The van der Waals surface area contributed by atoms with Crippen molar-refractivity contribution in [2.24, 2.45) is 0 Å². The number of rotatable bonds is 5. The van der Waals surface area contributed by atoms with E-state index < -0.39 is 23.9 Å². The zero-order valence-electron chi connectivity index (χ0n) is 22.1. The van der Waals surface area contributed by atoms with Gasteiger partial charge >= 0.3 is 13.2 Å². The van der Waals surface area contributed by atoms with Gasteiger partial charge in [0.1, 0.15) is 11.4 Å². The van der Waals surface area contributed by atoms with Crippen LogP contribution in [0.4, 0.5) is 4.79 Å². The molecule has 9 heteroatoms. The smallest absolute Gasteiger partial charge is 0.494 e. The number of carbonyl (C=O) groups excluding carboxylic acids is 2. The molecule has 2 amide bonds. The molecule has 2 saturated heterocycles. The summed E-state index contributed by atoms with van der Waals surface area (Å²) in [5.41, 5.74) is 0.185. The van der Waals surface area contributed by atoms with Crippen molar-refractivity contribution in [1.29, 1.82) is 0 Å². The van der Waals surface area contributed by atoms with E-state index in [1.54, 1.807) is 24.0 Å². The van der Waals surface area contributed by atoms with Gasteiger partial charge in [-0.3, -0.25) is 4.79 Å². The molecule has 2 aliphatic heterocycles. The SMILES string of the molecule is COc1ccc(B2OC(C)(C)C(C)(C)O2)cc1CC(=O)N1CC[C@H](N(C)C(=O)OC(C)(C)C)C1. The van der Waals surface area contributed by atoms with Crippen molar-refractivity contribution in [3.8, 4) is 5.75 Å². The zero-order chi connectivity index (χ0) is 25.5. The molecule has 0 saturated carbocycles. The fourth-order valence-corrected chi connectivity index (χ4v) is 4.10. The highest BCUT2D eigenvalue weighted by atomic mass is 16.7. The lowest BCUT2D eigenvalue weighted by Crippen LogP contribution is -2.42. The normalized spacial score (nSPS) is 21.5. The number of likely N-dealkylation sites (N-methyl/N-ethyl adjacent to an activating group) is 1. The Bertz CT molecular complexity index is 910. The van der Waals surface area contributed by atoms with Gasteiger partial charge in [0, 0.05) is 25.7 Å². The minimum atomic E-state index is -0.557. The first-order chi connectivity index (χ1) is 15.6. The molecule has 1 aromatic rings. The molecule has 1 aromatic carbocycles. The fourth-order valence-electron chi connectivity index (χ4n) is 4.10. The second-order valence-corrected chi connectivity index (χ2v) is 11.2. The van der Waals surface area contributed by atoms with Crippen LogP contribution >= 0.6 is 0 Å². The topological polar surface area (TPSA) is 77.5 Å². The molecule has 0 bridgehead atoms. The fraction of sp³-hybridized carbons (Fsp3) is 0.680. The summed E-state index contributed by atoms with van der Waals surface area (Å²) in [6.45, 7) is 14.6. The first-order valence-corrected chi connectivity index (χ1v) is 11.9. The summed E-state index contributed by atoms with van der Waals surface area (Å²) in [7, 11) is 2.81. The molecule has 0 radical (unpaired) electrons. The molecule has 0 N–H and O–H groups in total.